The zero-order valence-corrected chi connectivity index (χ0v) is 20.6. The quantitative estimate of drug-likeness (QED) is 0.337. The van der Waals surface area contributed by atoms with Crippen LogP contribution in [0.4, 0.5) is 5.69 Å². The number of hydrogen-bond donors (Lipinski definition) is 2. The SMILES string of the molecule is CCNC(=NCC(=O)NC1CCCCC1)N1CCN(c2ccc(OC)cc2)CC1.I. The minimum Gasteiger partial charge on any atom is -0.497 e. The van der Waals surface area contributed by atoms with Crippen molar-refractivity contribution in [1.82, 2.24) is 15.5 Å². The van der Waals surface area contributed by atoms with Crippen LogP contribution in [0.3, 0.4) is 0 Å². The Morgan fingerprint density at radius 2 is 1.77 bits per heavy atom. The van der Waals surface area contributed by atoms with Crippen molar-refractivity contribution >= 4 is 41.5 Å². The van der Waals surface area contributed by atoms with Gasteiger partial charge in [0.2, 0.25) is 5.91 Å². The van der Waals surface area contributed by atoms with Gasteiger partial charge in [-0.3, -0.25) is 4.79 Å². The van der Waals surface area contributed by atoms with Crippen LogP contribution in [0.1, 0.15) is 39.0 Å². The van der Waals surface area contributed by atoms with Gasteiger partial charge in [0.15, 0.2) is 5.96 Å². The van der Waals surface area contributed by atoms with Crippen LogP contribution >= 0.6 is 24.0 Å². The summed E-state index contributed by atoms with van der Waals surface area (Å²) in [5, 5.41) is 6.49. The average molecular weight is 529 g/mol. The van der Waals surface area contributed by atoms with Gasteiger partial charge >= 0.3 is 0 Å². The molecule has 0 atom stereocenters. The van der Waals surface area contributed by atoms with Crippen LogP contribution in [0.25, 0.3) is 0 Å². The molecule has 1 amide bonds. The fourth-order valence-corrected chi connectivity index (χ4v) is 4.06. The number of halogens is 1. The number of methoxy groups -OCH3 is 1. The fourth-order valence-electron chi connectivity index (χ4n) is 4.06. The van der Waals surface area contributed by atoms with Crippen molar-refractivity contribution in [3.05, 3.63) is 24.3 Å². The fraction of sp³-hybridized carbons (Fsp3) is 0.636. The van der Waals surface area contributed by atoms with Gasteiger partial charge in [0.05, 0.1) is 7.11 Å². The van der Waals surface area contributed by atoms with E-state index in [-0.39, 0.29) is 36.4 Å². The molecule has 168 valence electrons. The lowest BCUT2D eigenvalue weighted by atomic mass is 9.95. The normalized spacial score (nSPS) is 17.9. The zero-order valence-electron chi connectivity index (χ0n) is 18.2. The number of benzene rings is 1. The first-order valence-electron chi connectivity index (χ1n) is 10.9. The summed E-state index contributed by atoms with van der Waals surface area (Å²) in [4.78, 5) is 21.5. The van der Waals surface area contributed by atoms with E-state index in [9.17, 15) is 4.79 Å². The molecular weight excluding hydrogens is 493 g/mol. The number of guanidine groups is 1. The maximum Gasteiger partial charge on any atom is 0.242 e. The predicted molar refractivity (Wildman–Crippen MR) is 133 cm³/mol. The number of piperazine rings is 1. The van der Waals surface area contributed by atoms with Gasteiger partial charge in [-0.2, -0.15) is 0 Å². The van der Waals surface area contributed by atoms with Crippen LogP contribution in [0.2, 0.25) is 0 Å². The van der Waals surface area contributed by atoms with E-state index < -0.39 is 0 Å². The number of carbonyl (C=O) groups excluding carboxylic acids is 1. The highest BCUT2D eigenvalue weighted by Gasteiger charge is 2.21. The first-order chi connectivity index (χ1) is 14.2. The van der Waals surface area contributed by atoms with Crippen LogP contribution in [-0.4, -0.2) is 69.2 Å². The van der Waals surface area contributed by atoms with Crippen molar-refractivity contribution in [2.24, 2.45) is 4.99 Å². The molecule has 0 unspecified atom stereocenters. The molecule has 1 saturated heterocycles. The van der Waals surface area contributed by atoms with Crippen molar-refractivity contribution in [1.29, 1.82) is 0 Å². The molecule has 0 bridgehead atoms. The Labute approximate surface area is 197 Å². The summed E-state index contributed by atoms with van der Waals surface area (Å²) in [6.45, 7) is 6.64. The van der Waals surface area contributed by atoms with E-state index in [1.54, 1.807) is 7.11 Å². The Balaban J connectivity index is 0.00000320. The second kappa shape index (κ2) is 12.9. The molecule has 30 heavy (non-hydrogen) atoms. The topological polar surface area (TPSA) is 69.2 Å². The third kappa shape index (κ3) is 7.21. The summed E-state index contributed by atoms with van der Waals surface area (Å²) in [5.74, 6) is 1.74. The van der Waals surface area contributed by atoms with Gasteiger partial charge < -0.3 is 25.2 Å². The van der Waals surface area contributed by atoms with Crippen molar-refractivity contribution in [3.63, 3.8) is 0 Å². The van der Waals surface area contributed by atoms with Crippen LogP contribution < -0.4 is 20.3 Å². The van der Waals surface area contributed by atoms with E-state index in [1.165, 1.54) is 24.9 Å². The van der Waals surface area contributed by atoms with Gasteiger partial charge in [-0.15, -0.1) is 24.0 Å². The van der Waals surface area contributed by atoms with Gasteiger partial charge in [-0.25, -0.2) is 4.99 Å². The Hall–Kier alpha value is -1.71. The highest BCUT2D eigenvalue weighted by atomic mass is 127. The molecule has 1 aliphatic carbocycles. The molecule has 1 aromatic rings. The Kier molecular flexibility index (Phi) is 10.5. The van der Waals surface area contributed by atoms with Gasteiger partial charge in [-0.1, -0.05) is 19.3 Å². The molecule has 1 saturated carbocycles. The van der Waals surface area contributed by atoms with Gasteiger partial charge in [-0.05, 0) is 44.0 Å². The lowest BCUT2D eigenvalue weighted by Gasteiger charge is -2.37. The van der Waals surface area contributed by atoms with E-state index >= 15 is 0 Å². The maximum atomic E-state index is 12.3. The van der Waals surface area contributed by atoms with Crippen molar-refractivity contribution in [3.8, 4) is 5.75 Å². The number of amides is 1. The summed E-state index contributed by atoms with van der Waals surface area (Å²) >= 11 is 0. The predicted octanol–water partition coefficient (Wildman–Crippen LogP) is 2.85. The lowest BCUT2D eigenvalue weighted by Crippen LogP contribution is -2.52. The average Bonchev–Trinajstić information content (AvgIpc) is 2.77. The van der Waals surface area contributed by atoms with Crippen LogP contribution in [-0.2, 0) is 4.79 Å². The number of rotatable bonds is 6. The third-order valence-electron chi connectivity index (χ3n) is 5.69. The summed E-state index contributed by atoms with van der Waals surface area (Å²) in [7, 11) is 1.69. The molecule has 1 heterocycles. The Bertz CT molecular complexity index is 669. The van der Waals surface area contributed by atoms with Gasteiger partial charge in [0.25, 0.3) is 0 Å². The summed E-state index contributed by atoms with van der Waals surface area (Å²) in [5.41, 5.74) is 1.21. The summed E-state index contributed by atoms with van der Waals surface area (Å²) in [6.07, 6.45) is 5.92. The van der Waals surface area contributed by atoms with E-state index in [0.29, 0.717) is 6.04 Å². The highest BCUT2D eigenvalue weighted by Crippen LogP contribution is 2.20. The standard InChI is InChI=1S/C22H35N5O2.HI/c1-3-23-22(24-17-21(28)25-18-7-5-4-6-8-18)27-15-13-26(14-16-27)19-9-11-20(29-2)12-10-19;/h9-12,18H,3-8,13-17H2,1-2H3,(H,23,24)(H,25,28);1H. The minimum absolute atomic E-state index is 0. The second-order valence-electron chi connectivity index (χ2n) is 7.74. The number of aliphatic imine (C=N–C) groups is 1. The van der Waals surface area contributed by atoms with Crippen molar-refractivity contribution < 1.29 is 9.53 Å². The van der Waals surface area contributed by atoms with E-state index in [1.807, 2.05) is 12.1 Å². The molecule has 0 radical (unpaired) electrons. The zero-order chi connectivity index (χ0) is 20.5. The molecule has 8 heteroatoms. The van der Waals surface area contributed by atoms with Crippen LogP contribution in [0.5, 0.6) is 5.75 Å². The van der Waals surface area contributed by atoms with Crippen molar-refractivity contribution in [2.45, 2.75) is 45.1 Å². The minimum atomic E-state index is 0. The van der Waals surface area contributed by atoms with Gasteiger partial charge in [0, 0.05) is 44.5 Å². The van der Waals surface area contributed by atoms with E-state index in [4.69, 9.17) is 4.74 Å². The number of nitrogens with zero attached hydrogens (tertiary/aromatic N) is 3. The summed E-state index contributed by atoms with van der Waals surface area (Å²) in [6, 6.07) is 8.53. The Morgan fingerprint density at radius 1 is 1.10 bits per heavy atom. The van der Waals surface area contributed by atoms with Crippen LogP contribution in [0, 0.1) is 0 Å². The lowest BCUT2D eigenvalue weighted by molar-refractivity contribution is -0.120. The number of hydrogen-bond acceptors (Lipinski definition) is 4. The largest absolute Gasteiger partial charge is 0.497 e. The highest BCUT2D eigenvalue weighted by molar-refractivity contribution is 14.0. The van der Waals surface area contributed by atoms with Gasteiger partial charge in [0.1, 0.15) is 12.3 Å². The number of ether oxygens (including phenoxy) is 1. The monoisotopic (exact) mass is 529 g/mol. The number of anilines is 1. The molecular formula is C22H36IN5O2. The van der Waals surface area contributed by atoms with E-state index in [0.717, 1.165) is 57.3 Å². The van der Waals surface area contributed by atoms with E-state index in [2.05, 4.69) is 44.5 Å². The second-order valence-corrected chi connectivity index (χ2v) is 7.74. The first-order valence-corrected chi connectivity index (χ1v) is 10.9. The molecule has 1 aliphatic heterocycles. The molecule has 1 aromatic carbocycles. The molecule has 2 aliphatic rings. The van der Waals surface area contributed by atoms with Crippen LogP contribution in [0.15, 0.2) is 29.3 Å². The summed E-state index contributed by atoms with van der Waals surface area (Å²) < 4.78 is 5.24. The molecule has 0 spiro atoms. The smallest absolute Gasteiger partial charge is 0.242 e. The Morgan fingerprint density at radius 3 is 2.37 bits per heavy atom. The first kappa shape index (κ1) is 24.6. The number of carbonyl (C=O) groups is 1. The van der Waals surface area contributed by atoms with Crippen molar-refractivity contribution in [2.75, 3.05) is 51.3 Å². The third-order valence-corrected chi connectivity index (χ3v) is 5.69. The molecule has 2 fully saturated rings. The maximum absolute atomic E-state index is 12.3. The molecule has 0 aromatic heterocycles. The molecule has 3 rings (SSSR count). The number of nitrogens with one attached hydrogen (secondary N) is 2. The molecule has 7 nitrogen and oxygen atoms in total. The molecule has 2 N–H and O–H groups in total.